The van der Waals surface area contributed by atoms with Crippen LogP contribution in [0.5, 0.6) is 5.88 Å². The molecule has 0 saturated carbocycles. The molecule has 0 aliphatic rings. The molecule has 4 aromatic rings. The molecule has 4 rings (SSSR count). The summed E-state index contributed by atoms with van der Waals surface area (Å²) in [5.41, 5.74) is 1.15. The van der Waals surface area contributed by atoms with Gasteiger partial charge in [0.15, 0.2) is 11.5 Å². The first kappa shape index (κ1) is 20.4. The second-order valence-corrected chi connectivity index (χ2v) is 8.85. The summed E-state index contributed by atoms with van der Waals surface area (Å²) >= 11 is 3.27. The summed E-state index contributed by atoms with van der Waals surface area (Å²) in [5.74, 6) is 0.357. The molecule has 0 atom stereocenters. The van der Waals surface area contributed by atoms with E-state index in [0.29, 0.717) is 17.0 Å². The highest BCUT2D eigenvalue weighted by Gasteiger charge is 2.14. The Hall–Kier alpha value is -2.89. The second-order valence-electron chi connectivity index (χ2n) is 6.17. The lowest BCUT2D eigenvalue weighted by Crippen LogP contribution is -2.28. The fraction of sp³-hybridized carbons (Fsp3) is 0.105. The van der Waals surface area contributed by atoms with Crippen molar-refractivity contribution in [2.24, 2.45) is 0 Å². The summed E-state index contributed by atoms with van der Waals surface area (Å²) in [6, 6.07) is 15.4. The molecular formula is C19H15BrFN5O3S. The lowest BCUT2D eigenvalue weighted by molar-refractivity contribution is 0.306. The molecule has 0 unspecified atom stereocenters. The van der Waals surface area contributed by atoms with Gasteiger partial charge in [-0.15, -0.1) is 15.3 Å². The van der Waals surface area contributed by atoms with Crippen LogP contribution in [0.25, 0.3) is 17.0 Å². The van der Waals surface area contributed by atoms with Gasteiger partial charge in [-0.25, -0.2) is 17.5 Å². The molecular weight excluding hydrogens is 477 g/mol. The molecule has 0 fully saturated rings. The minimum absolute atomic E-state index is 0.0606. The highest BCUT2D eigenvalue weighted by Crippen LogP contribution is 2.19. The Morgan fingerprint density at radius 1 is 1.00 bits per heavy atom. The van der Waals surface area contributed by atoms with Crippen LogP contribution in [0.2, 0.25) is 0 Å². The number of hydrogen-bond acceptors (Lipinski definition) is 6. The van der Waals surface area contributed by atoms with Crippen molar-refractivity contribution < 1.29 is 17.5 Å². The summed E-state index contributed by atoms with van der Waals surface area (Å²) in [6.45, 7) is 0.132. The van der Waals surface area contributed by atoms with E-state index in [4.69, 9.17) is 4.74 Å². The molecule has 0 bridgehead atoms. The van der Waals surface area contributed by atoms with Gasteiger partial charge in [0, 0.05) is 22.6 Å². The van der Waals surface area contributed by atoms with Crippen LogP contribution in [0.15, 0.2) is 70.0 Å². The van der Waals surface area contributed by atoms with E-state index in [9.17, 15) is 12.8 Å². The van der Waals surface area contributed by atoms with E-state index in [1.165, 1.54) is 28.8 Å². The zero-order valence-electron chi connectivity index (χ0n) is 15.4. The number of sulfonamides is 1. The van der Waals surface area contributed by atoms with Gasteiger partial charge in [-0.05, 0) is 54.6 Å². The van der Waals surface area contributed by atoms with Crippen molar-refractivity contribution in [2.45, 2.75) is 4.90 Å². The van der Waals surface area contributed by atoms with Crippen LogP contribution < -0.4 is 9.46 Å². The summed E-state index contributed by atoms with van der Waals surface area (Å²) < 4.78 is 48.0. The average Bonchev–Trinajstić information content (AvgIpc) is 3.15. The Labute approximate surface area is 179 Å². The number of hydrogen-bond donors (Lipinski definition) is 1. The van der Waals surface area contributed by atoms with Gasteiger partial charge in [-0.2, -0.15) is 4.52 Å². The van der Waals surface area contributed by atoms with Crippen LogP contribution in [-0.4, -0.2) is 41.4 Å². The predicted molar refractivity (Wildman–Crippen MR) is 111 cm³/mol. The molecule has 0 spiro atoms. The molecule has 0 amide bonds. The van der Waals surface area contributed by atoms with Gasteiger partial charge in [0.2, 0.25) is 15.9 Å². The van der Waals surface area contributed by atoms with E-state index >= 15 is 0 Å². The number of ether oxygens (including phenoxy) is 1. The highest BCUT2D eigenvalue weighted by molar-refractivity contribution is 9.10. The third-order valence-electron chi connectivity index (χ3n) is 4.11. The summed E-state index contributed by atoms with van der Waals surface area (Å²) in [7, 11) is -3.63. The van der Waals surface area contributed by atoms with Crippen LogP contribution in [0, 0.1) is 5.82 Å². The fourth-order valence-corrected chi connectivity index (χ4v) is 3.93. The molecule has 0 saturated heterocycles. The number of fused-ring (bicyclic) bond motifs is 1. The zero-order chi connectivity index (χ0) is 21.1. The average molecular weight is 492 g/mol. The van der Waals surface area contributed by atoms with Gasteiger partial charge in [0.25, 0.3) is 0 Å². The lowest BCUT2D eigenvalue weighted by Gasteiger charge is -2.08. The molecule has 2 aromatic heterocycles. The molecule has 1 N–H and O–H groups in total. The molecule has 11 heteroatoms. The number of aromatic nitrogens is 4. The summed E-state index contributed by atoms with van der Waals surface area (Å²) in [6.07, 6.45) is 0. The predicted octanol–water partition coefficient (Wildman–Crippen LogP) is 3.05. The number of nitrogens with zero attached hydrogens (tertiary/aromatic N) is 4. The second kappa shape index (κ2) is 8.46. The molecule has 0 aliphatic heterocycles. The monoisotopic (exact) mass is 491 g/mol. The van der Waals surface area contributed by atoms with Gasteiger partial charge in [-0.1, -0.05) is 15.9 Å². The van der Waals surface area contributed by atoms with Crippen molar-refractivity contribution in [2.75, 3.05) is 13.2 Å². The first-order valence-corrected chi connectivity index (χ1v) is 11.1. The Morgan fingerprint density at radius 2 is 1.73 bits per heavy atom. The van der Waals surface area contributed by atoms with Crippen molar-refractivity contribution in [1.29, 1.82) is 0 Å². The van der Waals surface area contributed by atoms with Crippen LogP contribution in [-0.2, 0) is 10.0 Å². The van der Waals surface area contributed by atoms with E-state index in [1.807, 2.05) is 0 Å². The van der Waals surface area contributed by atoms with Gasteiger partial charge in [-0.3, -0.25) is 0 Å². The molecule has 0 radical (unpaired) electrons. The van der Waals surface area contributed by atoms with Gasteiger partial charge in [0.05, 0.1) is 4.90 Å². The Bertz CT molecular complexity index is 1280. The van der Waals surface area contributed by atoms with Crippen LogP contribution in [0.4, 0.5) is 4.39 Å². The standard InChI is InChI=1S/C19H15BrFN5O3S/c20-14-3-7-16(8-4-14)30(27,28)22-11-12-29-18-10-9-17-23-24-19(26(17)25-18)13-1-5-15(21)6-2-13/h1-10,22H,11-12H2. The normalized spacial score (nSPS) is 11.7. The first-order chi connectivity index (χ1) is 14.4. The molecule has 2 heterocycles. The molecule has 0 aliphatic carbocycles. The SMILES string of the molecule is O=S(=O)(NCCOc1ccc2nnc(-c3ccc(F)cc3)n2n1)c1ccc(Br)cc1. The smallest absolute Gasteiger partial charge is 0.240 e. The van der Waals surface area contributed by atoms with Crippen LogP contribution in [0.1, 0.15) is 0 Å². The Balaban J connectivity index is 1.42. The maximum absolute atomic E-state index is 13.2. The molecule has 2 aromatic carbocycles. The Kier molecular flexibility index (Phi) is 5.75. The van der Waals surface area contributed by atoms with Crippen molar-refractivity contribution >= 4 is 31.6 Å². The summed E-state index contributed by atoms with van der Waals surface area (Å²) in [4.78, 5) is 0.165. The van der Waals surface area contributed by atoms with Gasteiger partial charge < -0.3 is 4.74 Å². The lowest BCUT2D eigenvalue weighted by atomic mass is 10.2. The largest absolute Gasteiger partial charge is 0.475 e. The van der Waals surface area contributed by atoms with Gasteiger partial charge >= 0.3 is 0 Å². The number of benzene rings is 2. The third-order valence-corrected chi connectivity index (χ3v) is 6.11. The zero-order valence-corrected chi connectivity index (χ0v) is 17.8. The van der Waals surface area contributed by atoms with Crippen molar-refractivity contribution in [3.63, 3.8) is 0 Å². The van der Waals surface area contributed by atoms with E-state index < -0.39 is 10.0 Å². The maximum atomic E-state index is 13.2. The molecule has 8 nitrogen and oxygen atoms in total. The van der Waals surface area contributed by atoms with E-state index in [1.54, 1.807) is 36.4 Å². The number of rotatable bonds is 7. The van der Waals surface area contributed by atoms with Gasteiger partial charge in [0.1, 0.15) is 12.4 Å². The maximum Gasteiger partial charge on any atom is 0.240 e. The van der Waals surface area contributed by atoms with Crippen LogP contribution in [0.3, 0.4) is 0 Å². The number of nitrogens with one attached hydrogen (secondary N) is 1. The molecule has 30 heavy (non-hydrogen) atoms. The van der Waals surface area contributed by atoms with E-state index in [-0.39, 0.29) is 29.7 Å². The fourth-order valence-electron chi connectivity index (χ4n) is 2.66. The Morgan fingerprint density at radius 3 is 2.47 bits per heavy atom. The minimum atomic E-state index is -3.63. The molecule has 154 valence electrons. The third kappa shape index (κ3) is 4.48. The van der Waals surface area contributed by atoms with E-state index in [0.717, 1.165) is 4.47 Å². The van der Waals surface area contributed by atoms with Crippen molar-refractivity contribution in [1.82, 2.24) is 24.5 Å². The minimum Gasteiger partial charge on any atom is -0.475 e. The van der Waals surface area contributed by atoms with Crippen molar-refractivity contribution in [3.8, 4) is 17.3 Å². The number of halogens is 2. The van der Waals surface area contributed by atoms with E-state index in [2.05, 4.69) is 35.9 Å². The highest BCUT2D eigenvalue weighted by atomic mass is 79.9. The first-order valence-electron chi connectivity index (χ1n) is 8.79. The quantitative estimate of drug-likeness (QED) is 0.399. The summed E-state index contributed by atoms with van der Waals surface area (Å²) in [5, 5.41) is 12.4. The van der Waals surface area contributed by atoms with Crippen LogP contribution >= 0.6 is 15.9 Å². The van der Waals surface area contributed by atoms with Crippen molar-refractivity contribution in [3.05, 3.63) is 71.0 Å². The topological polar surface area (TPSA) is 98.5 Å².